The number of hydrogen-bond acceptors (Lipinski definition) is 4. The molecule has 0 aliphatic carbocycles. The maximum absolute atomic E-state index is 5.94. The first-order valence-corrected chi connectivity index (χ1v) is 7.88. The molecule has 1 atom stereocenters. The second-order valence-electron chi connectivity index (χ2n) is 5.74. The fourth-order valence-electron chi connectivity index (χ4n) is 2.49. The van der Waals surface area contributed by atoms with E-state index >= 15 is 0 Å². The first-order valence-electron chi connectivity index (χ1n) is 7.88. The third-order valence-electron chi connectivity index (χ3n) is 3.92. The lowest BCUT2D eigenvalue weighted by Gasteiger charge is -2.17. The van der Waals surface area contributed by atoms with Gasteiger partial charge < -0.3 is 20.1 Å². The zero-order valence-electron chi connectivity index (χ0n) is 14.2. The molecule has 2 rings (SSSR count). The molecular formula is C19H26N2O2. The molecule has 0 heterocycles. The van der Waals surface area contributed by atoms with Gasteiger partial charge in [-0.25, -0.2) is 0 Å². The third-order valence-corrected chi connectivity index (χ3v) is 3.92. The smallest absolute Gasteiger partial charge is 0.121 e. The van der Waals surface area contributed by atoms with E-state index in [1.54, 1.807) is 7.11 Å². The summed E-state index contributed by atoms with van der Waals surface area (Å²) in [5.74, 6) is 2.01. The van der Waals surface area contributed by atoms with Gasteiger partial charge in [-0.05, 0) is 48.7 Å². The van der Waals surface area contributed by atoms with Crippen LogP contribution in [0.4, 0.5) is 5.69 Å². The van der Waals surface area contributed by atoms with E-state index in [0.29, 0.717) is 13.2 Å². The molecule has 124 valence electrons. The quantitative estimate of drug-likeness (QED) is 0.812. The molecule has 0 bridgehead atoms. The van der Waals surface area contributed by atoms with Gasteiger partial charge in [0.15, 0.2) is 0 Å². The first-order chi connectivity index (χ1) is 11.1. The molecule has 0 spiro atoms. The molecule has 0 saturated carbocycles. The van der Waals surface area contributed by atoms with Gasteiger partial charge in [0.25, 0.3) is 0 Å². The topological polar surface area (TPSA) is 47.7 Å². The molecule has 0 radical (unpaired) electrons. The summed E-state index contributed by atoms with van der Waals surface area (Å²) in [6.07, 6.45) is 0.871. The Morgan fingerprint density at radius 3 is 2.48 bits per heavy atom. The van der Waals surface area contributed by atoms with Crippen LogP contribution in [0.2, 0.25) is 0 Å². The van der Waals surface area contributed by atoms with E-state index in [0.717, 1.165) is 23.6 Å². The predicted molar refractivity (Wildman–Crippen MR) is 95.7 cm³/mol. The van der Waals surface area contributed by atoms with E-state index in [2.05, 4.69) is 17.0 Å². The normalized spacial score (nSPS) is 11.8. The number of anilines is 1. The highest BCUT2D eigenvalue weighted by atomic mass is 16.5. The Kier molecular flexibility index (Phi) is 6.29. The van der Waals surface area contributed by atoms with Gasteiger partial charge in [0.2, 0.25) is 0 Å². The number of methoxy groups -OCH3 is 1. The van der Waals surface area contributed by atoms with Crippen LogP contribution in [0, 0.1) is 0 Å². The zero-order valence-corrected chi connectivity index (χ0v) is 14.2. The molecule has 2 N–H and O–H groups in total. The van der Waals surface area contributed by atoms with Crippen LogP contribution in [-0.2, 0) is 0 Å². The molecule has 0 aliphatic rings. The van der Waals surface area contributed by atoms with Crippen LogP contribution in [0.1, 0.15) is 17.9 Å². The van der Waals surface area contributed by atoms with Crippen molar-refractivity contribution in [1.29, 1.82) is 0 Å². The standard InChI is InChI=1S/C19H26N2O2/c1-21(2)17-7-5-9-19(13-17)23-11-10-16(14-20)15-6-4-8-18(12-15)22-3/h4-9,12-13,16H,10-11,14,20H2,1-3H3. The van der Waals surface area contributed by atoms with Gasteiger partial charge in [0, 0.05) is 25.8 Å². The van der Waals surface area contributed by atoms with Crippen LogP contribution in [-0.4, -0.2) is 34.4 Å². The van der Waals surface area contributed by atoms with E-state index in [-0.39, 0.29) is 5.92 Å². The highest BCUT2D eigenvalue weighted by Gasteiger charge is 2.11. The van der Waals surface area contributed by atoms with E-state index in [1.807, 2.05) is 50.5 Å². The molecule has 0 saturated heterocycles. The second-order valence-corrected chi connectivity index (χ2v) is 5.74. The van der Waals surface area contributed by atoms with Crippen molar-refractivity contribution in [3.63, 3.8) is 0 Å². The SMILES string of the molecule is COc1cccc(C(CN)CCOc2cccc(N(C)C)c2)c1. The average molecular weight is 314 g/mol. The summed E-state index contributed by atoms with van der Waals surface area (Å²) in [6, 6.07) is 16.2. The van der Waals surface area contributed by atoms with Crippen molar-refractivity contribution in [2.75, 3.05) is 39.3 Å². The molecule has 0 fully saturated rings. The van der Waals surface area contributed by atoms with Crippen molar-refractivity contribution in [2.24, 2.45) is 5.73 Å². The average Bonchev–Trinajstić information content (AvgIpc) is 2.59. The minimum atomic E-state index is 0.266. The van der Waals surface area contributed by atoms with Gasteiger partial charge in [0.1, 0.15) is 11.5 Å². The van der Waals surface area contributed by atoms with Crippen molar-refractivity contribution in [2.45, 2.75) is 12.3 Å². The lowest BCUT2D eigenvalue weighted by molar-refractivity contribution is 0.298. The Hall–Kier alpha value is -2.20. The van der Waals surface area contributed by atoms with E-state index in [1.165, 1.54) is 5.56 Å². The van der Waals surface area contributed by atoms with E-state index < -0.39 is 0 Å². The van der Waals surface area contributed by atoms with Gasteiger partial charge in [-0.3, -0.25) is 0 Å². The first kappa shape index (κ1) is 17.2. The number of benzene rings is 2. The maximum Gasteiger partial charge on any atom is 0.121 e. The molecule has 1 unspecified atom stereocenters. The number of nitrogens with two attached hydrogens (primary N) is 1. The van der Waals surface area contributed by atoms with Crippen molar-refractivity contribution < 1.29 is 9.47 Å². The van der Waals surface area contributed by atoms with Crippen molar-refractivity contribution in [3.05, 3.63) is 54.1 Å². The summed E-state index contributed by atoms with van der Waals surface area (Å²) in [6.45, 7) is 1.23. The van der Waals surface area contributed by atoms with Crippen LogP contribution in [0.3, 0.4) is 0 Å². The summed E-state index contributed by atoms with van der Waals surface area (Å²) in [5, 5.41) is 0. The zero-order chi connectivity index (χ0) is 16.7. The molecule has 0 aliphatic heterocycles. The molecule has 2 aromatic carbocycles. The summed E-state index contributed by atoms with van der Waals surface area (Å²) in [7, 11) is 5.72. The Bertz CT molecular complexity index is 614. The van der Waals surface area contributed by atoms with Gasteiger partial charge in [-0.15, -0.1) is 0 Å². The van der Waals surface area contributed by atoms with Crippen LogP contribution < -0.4 is 20.1 Å². The van der Waals surface area contributed by atoms with Crippen molar-refractivity contribution in [1.82, 2.24) is 0 Å². The molecule has 4 nitrogen and oxygen atoms in total. The summed E-state index contributed by atoms with van der Waals surface area (Å²) < 4.78 is 11.2. The number of hydrogen-bond donors (Lipinski definition) is 1. The highest BCUT2D eigenvalue weighted by molar-refractivity contribution is 5.49. The van der Waals surface area contributed by atoms with Crippen molar-refractivity contribution >= 4 is 5.69 Å². The minimum Gasteiger partial charge on any atom is -0.497 e. The maximum atomic E-state index is 5.94. The molecule has 0 amide bonds. The number of rotatable bonds is 8. The van der Waals surface area contributed by atoms with E-state index in [4.69, 9.17) is 15.2 Å². The predicted octanol–water partition coefficient (Wildman–Crippen LogP) is 3.27. The fourth-order valence-corrected chi connectivity index (χ4v) is 2.49. The number of ether oxygens (including phenoxy) is 2. The Morgan fingerprint density at radius 1 is 1.04 bits per heavy atom. The Labute approximate surface area is 138 Å². The minimum absolute atomic E-state index is 0.266. The van der Waals surface area contributed by atoms with Crippen LogP contribution in [0.15, 0.2) is 48.5 Å². The van der Waals surface area contributed by atoms with Crippen LogP contribution in [0.5, 0.6) is 11.5 Å². The lowest BCUT2D eigenvalue weighted by Crippen LogP contribution is -2.16. The summed E-state index contributed by atoms with van der Waals surface area (Å²) >= 11 is 0. The van der Waals surface area contributed by atoms with Crippen LogP contribution >= 0.6 is 0 Å². The summed E-state index contributed by atoms with van der Waals surface area (Å²) in [5.41, 5.74) is 8.26. The Morgan fingerprint density at radius 2 is 1.78 bits per heavy atom. The number of nitrogens with zero attached hydrogens (tertiary/aromatic N) is 1. The van der Waals surface area contributed by atoms with Gasteiger partial charge in [-0.1, -0.05) is 18.2 Å². The summed E-state index contributed by atoms with van der Waals surface area (Å²) in [4.78, 5) is 2.06. The second kappa shape index (κ2) is 8.44. The molecule has 4 heteroatoms. The van der Waals surface area contributed by atoms with Crippen molar-refractivity contribution in [3.8, 4) is 11.5 Å². The van der Waals surface area contributed by atoms with E-state index in [9.17, 15) is 0 Å². The Balaban J connectivity index is 1.94. The monoisotopic (exact) mass is 314 g/mol. The van der Waals surface area contributed by atoms with Gasteiger partial charge in [-0.2, -0.15) is 0 Å². The third kappa shape index (κ3) is 4.89. The molecule has 0 aromatic heterocycles. The largest absolute Gasteiger partial charge is 0.497 e. The van der Waals surface area contributed by atoms with Crippen LogP contribution in [0.25, 0.3) is 0 Å². The highest BCUT2D eigenvalue weighted by Crippen LogP contribution is 2.24. The van der Waals surface area contributed by atoms with Gasteiger partial charge >= 0.3 is 0 Å². The molecule has 2 aromatic rings. The fraction of sp³-hybridized carbons (Fsp3) is 0.368. The van der Waals surface area contributed by atoms with Gasteiger partial charge in [0.05, 0.1) is 13.7 Å². The molecule has 23 heavy (non-hydrogen) atoms. The molecular weight excluding hydrogens is 288 g/mol. The lowest BCUT2D eigenvalue weighted by atomic mass is 9.96.